The van der Waals surface area contributed by atoms with E-state index in [9.17, 15) is 9.90 Å². The van der Waals surface area contributed by atoms with Gasteiger partial charge in [0.15, 0.2) is 5.17 Å². The first-order chi connectivity index (χ1) is 12.4. The number of benzene rings is 2. The number of amidine groups is 1. The number of aliphatic imine (C=N–C) groups is 1. The van der Waals surface area contributed by atoms with Crippen LogP contribution in [-0.2, 0) is 4.79 Å². The Bertz CT molecular complexity index is 922. The number of rotatable bonds is 3. The molecule has 1 fully saturated rings. The first-order valence-corrected chi connectivity index (χ1v) is 9.42. The van der Waals surface area contributed by atoms with Crippen molar-refractivity contribution in [2.45, 2.75) is 26.8 Å². The molecular formula is C20H19ClN2O2S. The molecule has 0 bridgehead atoms. The van der Waals surface area contributed by atoms with Gasteiger partial charge >= 0.3 is 0 Å². The summed E-state index contributed by atoms with van der Waals surface area (Å²) in [7, 11) is 0. The molecule has 134 valence electrons. The number of thioether (sulfide) groups is 1. The summed E-state index contributed by atoms with van der Waals surface area (Å²) < 4.78 is 0. The molecule has 0 atom stereocenters. The fourth-order valence-corrected chi connectivity index (χ4v) is 3.87. The van der Waals surface area contributed by atoms with Crippen molar-refractivity contribution in [3.05, 3.63) is 63.5 Å². The van der Waals surface area contributed by atoms with Crippen LogP contribution in [0.25, 0.3) is 6.08 Å². The predicted molar refractivity (Wildman–Crippen MR) is 110 cm³/mol. The molecule has 0 saturated carbocycles. The Morgan fingerprint density at radius 3 is 2.62 bits per heavy atom. The normalized spacial score (nSPS) is 17.7. The van der Waals surface area contributed by atoms with E-state index in [1.165, 1.54) is 17.8 Å². The summed E-state index contributed by atoms with van der Waals surface area (Å²) in [6, 6.07) is 12.7. The summed E-state index contributed by atoms with van der Waals surface area (Å²) in [5.41, 5.74) is 2.59. The van der Waals surface area contributed by atoms with Gasteiger partial charge in [-0.1, -0.05) is 35.9 Å². The number of nitrogens with zero attached hydrogens (tertiary/aromatic N) is 2. The summed E-state index contributed by atoms with van der Waals surface area (Å²) in [5, 5.41) is 10.5. The van der Waals surface area contributed by atoms with Crippen LogP contribution in [0.4, 0.5) is 5.69 Å². The van der Waals surface area contributed by atoms with Gasteiger partial charge in [0.2, 0.25) is 0 Å². The highest BCUT2D eigenvalue weighted by Crippen LogP contribution is 2.38. The Balaban J connectivity index is 2.05. The molecule has 1 aliphatic heterocycles. The number of para-hydroxylation sites is 1. The molecule has 1 amide bonds. The molecule has 26 heavy (non-hydrogen) atoms. The van der Waals surface area contributed by atoms with Crippen LogP contribution in [0, 0.1) is 6.92 Å². The molecule has 1 heterocycles. The minimum atomic E-state index is -0.118. The molecule has 2 aromatic carbocycles. The highest BCUT2D eigenvalue weighted by molar-refractivity contribution is 8.19. The van der Waals surface area contributed by atoms with Crippen LogP contribution in [0.15, 0.2) is 52.4 Å². The number of aryl methyl sites for hydroxylation is 1. The standard InChI is InChI=1S/C20H19ClN2O2S/c1-12(2)22-20-23(16-7-5-4-6-13(16)3)19(25)18(26-20)11-14-8-9-17(24)15(21)10-14/h4-12,24H,1-3H3/b18-11-,22-20-. The maximum absolute atomic E-state index is 13.1. The summed E-state index contributed by atoms with van der Waals surface area (Å²) in [5.74, 6) is -0.101. The van der Waals surface area contributed by atoms with Gasteiger partial charge in [-0.15, -0.1) is 0 Å². The summed E-state index contributed by atoms with van der Waals surface area (Å²) >= 11 is 7.32. The fourth-order valence-electron chi connectivity index (χ4n) is 2.57. The van der Waals surface area contributed by atoms with Gasteiger partial charge in [-0.25, -0.2) is 0 Å². The van der Waals surface area contributed by atoms with Crippen molar-refractivity contribution >= 4 is 46.2 Å². The zero-order chi connectivity index (χ0) is 18.8. The molecule has 0 spiro atoms. The summed E-state index contributed by atoms with van der Waals surface area (Å²) in [6.45, 7) is 5.94. The number of phenols is 1. The molecular weight excluding hydrogens is 368 g/mol. The van der Waals surface area contributed by atoms with Crippen LogP contribution in [0.2, 0.25) is 5.02 Å². The van der Waals surface area contributed by atoms with Gasteiger partial charge in [0.05, 0.1) is 15.6 Å². The lowest BCUT2D eigenvalue weighted by molar-refractivity contribution is -0.113. The van der Waals surface area contributed by atoms with E-state index in [0.29, 0.717) is 10.1 Å². The van der Waals surface area contributed by atoms with Gasteiger partial charge in [-0.3, -0.25) is 14.7 Å². The summed E-state index contributed by atoms with van der Waals surface area (Å²) in [4.78, 5) is 19.9. The minimum Gasteiger partial charge on any atom is -0.506 e. The van der Waals surface area contributed by atoms with Crippen molar-refractivity contribution in [2.24, 2.45) is 4.99 Å². The number of aromatic hydroxyl groups is 1. The molecule has 1 aliphatic rings. The molecule has 4 nitrogen and oxygen atoms in total. The van der Waals surface area contributed by atoms with E-state index in [4.69, 9.17) is 11.6 Å². The molecule has 1 saturated heterocycles. The van der Waals surface area contributed by atoms with Gasteiger partial charge in [-0.2, -0.15) is 0 Å². The Morgan fingerprint density at radius 2 is 1.96 bits per heavy atom. The first-order valence-electron chi connectivity index (χ1n) is 8.23. The average Bonchev–Trinajstić information content (AvgIpc) is 2.86. The SMILES string of the molecule is Cc1ccccc1N1C(=O)/C(=C/c2ccc(O)c(Cl)c2)S/C1=N\C(C)C. The van der Waals surface area contributed by atoms with Crippen LogP contribution in [0.3, 0.4) is 0 Å². The van der Waals surface area contributed by atoms with Gasteiger partial charge in [-0.05, 0) is 67.9 Å². The highest BCUT2D eigenvalue weighted by Gasteiger charge is 2.35. The monoisotopic (exact) mass is 386 g/mol. The second-order valence-corrected chi connectivity index (χ2v) is 7.67. The highest BCUT2D eigenvalue weighted by atomic mass is 35.5. The second kappa shape index (κ2) is 7.56. The second-order valence-electron chi connectivity index (χ2n) is 6.25. The molecule has 6 heteroatoms. The Labute approximate surface area is 162 Å². The van der Waals surface area contributed by atoms with E-state index in [1.54, 1.807) is 23.1 Å². The van der Waals surface area contributed by atoms with Gasteiger partial charge in [0.25, 0.3) is 5.91 Å². The number of phenolic OH excluding ortho intramolecular Hbond substituents is 1. The number of amides is 1. The van der Waals surface area contributed by atoms with Gasteiger partial charge in [0, 0.05) is 6.04 Å². The lowest BCUT2D eigenvalue weighted by Gasteiger charge is -2.18. The maximum atomic E-state index is 13.1. The zero-order valence-corrected chi connectivity index (χ0v) is 16.3. The zero-order valence-electron chi connectivity index (χ0n) is 14.7. The van der Waals surface area contributed by atoms with Crippen LogP contribution < -0.4 is 4.90 Å². The molecule has 2 aromatic rings. The van der Waals surface area contributed by atoms with Crippen molar-refractivity contribution in [3.8, 4) is 5.75 Å². The molecule has 0 radical (unpaired) electrons. The Kier molecular flexibility index (Phi) is 5.39. The number of anilines is 1. The predicted octanol–water partition coefficient (Wildman–Crippen LogP) is 5.24. The number of hydrogen-bond donors (Lipinski definition) is 1. The minimum absolute atomic E-state index is 0.0165. The third-order valence-electron chi connectivity index (χ3n) is 3.80. The smallest absolute Gasteiger partial charge is 0.271 e. The van der Waals surface area contributed by atoms with Crippen molar-refractivity contribution in [3.63, 3.8) is 0 Å². The van der Waals surface area contributed by atoms with Gasteiger partial charge in [0.1, 0.15) is 5.75 Å². The number of carbonyl (C=O) groups is 1. The van der Waals surface area contributed by atoms with E-state index in [0.717, 1.165) is 16.8 Å². The molecule has 0 unspecified atom stereocenters. The van der Waals surface area contributed by atoms with Crippen molar-refractivity contribution in [1.82, 2.24) is 0 Å². The summed E-state index contributed by atoms with van der Waals surface area (Å²) in [6.07, 6.45) is 1.77. The lowest BCUT2D eigenvalue weighted by atomic mass is 10.1. The number of halogens is 1. The topological polar surface area (TPSA) is 52.9 Å². The van der Waals surface area contributed by atoms with E-state index in [1.807, 2.05) is 45.0 Å². The van der Waals surface area contributed by atoms with Crippen LogP contribution in [-0.4, -0.2) is 22.2 Å². The van der Waals surface area contributed by atoms with Crippen LogP contribution in [0.5, 0.6) is 5.75 Å². The Morgan fingerprint density at radius 1 is 1.23 bits per heavy atom. The average molecular weight is 387 g/mol. The maximum Gasteiger partial charge on any atom is 0.271 e. The van der Waals surface area contributed by atoms with E-state index >= 15 is 0 Å². The van der Waals surface area contributed by atoms with E-state index in [-0.39, 0.29) is 22.7 Å². The quantitative estimate of drug-likeness (QED) is 0.734. The van der Waals surface area contributed by atoms with Crippen LogP contribution in [0.1, 0.15) is 25.0 Å². The van der Waals surface area contributed by atoms with Crippen molar-refractivity contribution in [2.75, 3.05) is 4.90 Å². The number of carbonyl (C=O) groups excluding carboxylic acids is 1. The fraction of sp³-hybridized carbons (Fsp3) is 0.200. The number of hydrogen-bond acceptors (Lipinski definition) is 4. The van der Waals surface area contributed by atoms with Gasteiger partial charge < -0.3 is 5.11 Å². The Hall–Kier alpha value is -2.24. The first kappa shape index (κ1) is 18.5. The third kappa shape index (κ3) is 3.79. The van der Waals surface area contributed by atoms with E-state index < -0.39 is 0 Å². The van der Waals surface area contributed by atoms with Crippen LogP contribution >= 0.6 is 23.4 Å². The molecule has 0 aliphatic carbocycles. The lowest BCUT2D eigenvalue weighted by Crippen LogP contribution is -2.30. The molecule has 3 rings (SSSR count). The largest absolute Gasteiger partial charge is 0.506 e. The van der Waals surface area contributed by atoms with Crippen molar-refractivity contribution < 1.29 is 9.90 Å². The van der Waals surface area contributed by atoms with E-state index in [2.05, 4.69) is 4.99 Å². The molecule has 0 aromatic heterocycles. The third-order valence-corrected chi connectivity index (χ3v) is 5.09. The molecule has 1 N–H and O–H groups in total. The van der Waals surface area contributed by atoms with Crippen molar-refractivity contribution in [1.29, 1.82) is 0 Å².